The Morgan fingerprint density at radius 3 is 3.05 bits per heavy atom. The second-order valence-corrected chi connectivity index (χ2v) is 7.75. The van der Waals surface area contributed by atoms with E-state index in [1.807, 2.05) is 23.5 Å². The van der Waals surface area contributed by atoms with Gasteiger partial charge < -0.3 is 9.84 Å². The summed E-state index contributed by atoms with van der Waals surface area (Å²) in [6, 6.07) is 0.482. The van der Waals surface area contributed by atoms with E-state index in [4.69, 9.17) is 4.52 Å². The van der Waals surface area contributed by atoms with Gasteiger partial charge in [0.25, 0.3) is 0 Å². The van der Waals surface area contributed by atoms with Crippen molar-refractivity contribution in [1.82, 2.24) is 15.5 Å². The number of thioether (sulfide) groups is 2. The number of aromatic nitrogens is 2. The number of nitrogens with zero attached hydrogens (tertiary/aromatic N) is 2. The average molecular weight is 301 g/mol. The molecule has 0 spiro atoms. The van der Waals surface area contributed by atoms with E-state index in [9.17, 15) is 0 Å². The van der Waals surface area contributed by atoms with Gasteiger partial charge in [-0.2, -0.15) is 28.5 Å². The Labute approximate surface area is 123 Å². The fraction of sp³-hybridized carbons (Fsp3) is 0.846. The highest BCUT2D eigenvalue weighted by Gasteiger charge is 2.32. The molecule has 0 radical (unpaired) electrons. The standard InChI is InChI=1S/C13H23N3OS2/c1-4-5-14-11-7-18-6-10(11)13-15-12(16-17-13)8-19-9(2)3/h9-11,14H,4-8H2,1-3H3. The molecule has 0 aliphatic carbocycles. The summed E-state index contributed by atoms with van der Waals surface area (Å²) in [7, 11) is 0. The molecule has 2 atom stereocenters. The number of rotatable bonds is 7. The van der Waals surface area contributed by atoms with Gasteiger partial charge in [-0.05, 0) is 18.2 Å². The number of hydrogen-bond acceptors (Lipinski definition) is 6. The molecular formula is C13H23N3OS2. The van der Waals surface area contributed by atoms with E-state index in [1.165, 1.54) is 0 Å². The lowest BCUT2D eigenvalue weighted by molar-refractivity contribution is 0.337. The number of hydrogen-bond donors (Lipinski definition) is 1. The smallest absolute Gasteiger partial charge is 0.232 e. The quantitative estimate of drug-likeness (QED) is 0.835. The zero-order valence-electron chi connectivity index (χ0n) is 11.9. The van der Waals surface area contributed by atoms with Crippen molar-refractivity contribution in [3.05, 3.63) is 11.7 Å². The van der Waals surface area contributed by atoms with Crippen LogP contribution in [0.5, 0.6) is 0 Å². The van der Waals surface area contributed by atoms with Crippen LogP contribution in [0.3, 0.4) is 0 Å². The zero-order chi connectivity index (χ0) is 13.7. The van der Waals surface area contributed by atoms with Gasteiger partial charge in [-0.25, -0.2) is 0 Å². The number of nitrogens with one attached hydrogen (secondary N) is 1. The maximum absolute atomic E-state index is 5.46. The molecule has 1 aliphatic rings. The predicted molar refractivity (Wildman–Crippen MR) is 82.9 cm³/mol. The Morgan fingerprint density at radius 1 is 1.47 bits per heavy atom. The van der Waals surface area contributed by atoms with Crippen LogP contribution in [-0.2, 0) is 5.75 Å². The van der Waals surface area contributed by atoms with Crippen molar-refractivity contribution in [2.75, 3.05) is 18.1 Å². The minimum absolute atomic E-state index is 0.377. The lowest BCUT2D eigenvalue weighted by atomic mass is 10.0. The van der Waals surface area contributed by atoms with E-state index in [1.54, 1.807) is 0 Å². The van der Waals surface area contributed by atoms with E-state index in [-0.39, 0.29) is 0 Å². The molecule has 0 bridgehead atoms. The molecule has 108 valence electrons. The lowest BCUT2D eigenvalue weighted by Gasteiger charge is -2.16. The zero-order valence-corrected chi connectivity index (χ0v) is 13.5. The third-order valence-corrected chi connectivity index (χ3v) is 5.36. The Balaban J connectivity index is 1.93. The Hall–Kier alpha value is -0.200. The fourth-order valence-electron chi connectivity index (χ4n) is 2.05. The first-order valence-corrected chi connectivity index (χ1v) is 9.16. The summed E-state index contributed by atoms with van der Waals surface area (Å²) >= 11 is 3.82. The third-order valence-electron chi connectivity index (χ3n) is 3.08. The second kappa shape index (κ2) is 7.55. The van der Waals surface area contributed by atoms with Crippen LogP contribution in [0.25, 0.3) is 0 Å². The van der Waals surface area contributed by atoms with Gasteiger partial charge in [0.1, 0.15) is 0 Å². The van der Waals surface area contributed by atoms with Crippen molar-refractivity contribution in [3.63, 3.8) is 0 Å². The molecule has 1 aliphatic heterocycles. The molecule has 4 nitrogen and oxygen atoms in total. The minimum Gasteiger partial charge on any atom is -0.339 e. The summed E-state index contributed by atoms with van der Waals surface area (Å²) in [6.07, 6.45) is 1.16. The van der Waals surface area contributed by atoms with Gasteiger partial charge in [0.15, 0.2) is 5.82 Å². The third kappa shape index (κ3) is 4.39. The maximum atomic E-state index is 5.46. The normalized spacial score (nSPS) is 23.4. The average Bonchev–Trinajstić information content (AvgIpc) is 3.02. The minimum atomic E-state index is 0.377. The van der Waals surface area contributed by atoms with Crippen molar-refractivity contribution >= 4 is 23.5 Å². The molecule has 0 saturated carbocycles. The summed E-state index contributed by atoms with van der Waals surface area (Å²) in [4.78, 5) is 4.57. The van der Waals surface area contributed by atoms with Gasteiger partial charge in [0.2, 0.25) is 5.89 Å². The molecule has 6 heteroatoms. The SMILES string of the molecule is CCCNC1CSCC1c1nc(CSC(C)C)no1. The molecule has 2 heterocycles. The van der Waals surface area contributed by atoms with Crippen molar-refractivity contribution in [2.24, 2.45) is 0 Å². The molecule has 19 heavy (non-hydrogen) atoms. The summed E-state index contributed by atoms with van der Waals surface area (Å²) < 4.78 is 5.46. The highest BCUT2D eigenvalue weighted by atomic mass is 32.2. The monoisotopic (exact) mass is 301 g/mol. The van der Waals surface area contributed by atoms with E-state index < -0.39 is 0 Å². The molecule has 0 amide bonds. The van der Waals surface area contributed by atoms with Crippen LogP contribution in [-0.4, -0.2) is 39.5 Å². The summed E-state index contributed by atoms with van der Waals surface area (Å²) in [6.45, 7) is 7.62. The van der Waals surface area contributed by atoms with E-state index >= 15 is 0 Å². The molecule has 2 unspecified atom stereocenters. The van der Waals surface area contributed by atoms with Crippen LogP contribution in [0, 0.1) is 0 Å². The van der Waals surface area contributed by atoms with Crippen LogP contribution in [0.15, 0.2) is 4.52 Å². The van der Waals surface area contributed by atoms with Gasteiger partial charge in [0, 0.05) is 17.5 Å². The molecule has 0 aromatic carbocycles. The summed E-state index contributed by atoms with van der Waals surface area (Å²) in [5.74, 6) is 5.09. The predicted octanol–water partition coefficient (Wildman–Crippen LogP) is 2.91. The van der Waals surface area contributed by atoms with Gasteiger partial charge in [-0.3, -0.25) is 0 Å². The van der Waals surface area contributed by atoms with Gasteiger partial charge in [-0.15, -0.1) is 0 Å². The van der Waals surface area contributed by atoms with Crippen LogP contribution < -0.4 is 5.32 Å². The highest BCUT2D eigenvalue weighted by Crippen LogP contribution is 2.32. The van der Waals surface area contributed by atoms with E-state index in [0.29, 0.717) is 17.2 Å². The maximum Gasteiger partial charge on any atom is 0.232 e. The van der Waals surface area contributed by atoms with Crippen molar-refractivity contribution in [1.29, 1.82) is 0 Å². The van der Waals surface area contributed by atoms with Crippen LogP contribution in [0.2, 0.25) is 0 Å². The fourth-order valence-corrected chi connectivity index (χ4v) is 4.02. The molecule has 1 aromatic rings. The van der Waals surface area contributed by atoms with Crippen molar-refractivity contribution in [3.8, 4) is 0 Å². The Kier molecular flexibility index (Phi) is 6.04. The first kappa shape index (κ1) is 15.2. The Bertz CT molecular complexity index is 384. The largest absolute Gasteiger partial charge is 0.339 e. The van der Waals surface area contributed by atoms with Crippen LogP contribution in [0.4, 0.5) is 0 Å². The van der Waals surface area contributed by atoms with Gasteiger partial charge in [0.05, 0.1) is 11.7 Å². The second-order valence-electron chi connectivity index (χ2n) is 5.11. The molecular weight excluding hydrogens is 278 g/mol. The molecule has 1 fully saturated rings. The summed E-state index contributed by atoms with van der Waals surface area (Å²) in [5.41, 5.74) is 0. The summed E-state index contributed by atoms with van der Waals surface area (Å²) in [5, 5.41) is 8.29. The first-order valence-electron chi connectivity index (χ1n) is 6.96. The van der Waals surface area contributed by atoms with Crippen LogP contribution >= 0.6 is 23.5 Å². The molecule has 1 aromatic heterocycles. The molecule has 1 saturated heterocycles. The van der Waals surface area contributed by atoms with Gasteiger partial charge >= 0.3 is 0 Å². The van der Waals surface area contributed by atoms with Crippen molar-refractivity contribution in [2.45, 2.75) is 50.2 Å². The first-order chi connectivity index (χ1) is 9.20. The van der Waals surface area contributed by atoms with E-state index in [2.05, 4.69) is 36.2 Å². The van der Waals surface area contributed by atoms with Crippen LogP contribution in [0.1, 0.15) is 44.8 Å². The lowest BCUT2D eigenvalue weighted by Crippen LogP contribution is -2.34. The molecule has 2 rings (SSSR count). The molecule has 1 N–H and O–H groups in total. The topological polar surface area (TPSA) is 51.0 Å². The highest BCUT2D eigenvalue weighted by molar-refractivity contribution is 7.99. The van der Waals surface area contributed by atoms with Crippen molar-refractivity contribution < 1.29 is 4.52 Å². The Morgan fingerprint density at radius 2 is 2.32 bits per heavy atom. The van der Waals surface area contributed by atoms with E-state index in [0.717, 1.165) is 41.9 Å². The van der Waals surface area contributed by atoms with Gasteiger partial charge in [-0.1, -0.05) is 25.9 Å².